The van der Waals surface area contributed by atoms with Crippen LogP contribution in [-0.4, -0.2) is 43.8 Å². The predicted molar refractivity (Wildman–Crippen MR) is 161 cm³/mol. The Morgan fingerprint density at radius 3 is 2.19 bits per heavy atom. The van der Waals surface area contributed by atoms with Gasteiger partial charge < -0.3 is 10.2 Å². The number of hydrogen-bond donors (Lipinski definition) is 1. The number of carbonyl (C=O) groups is 2. The molecule has 3 aromatic carbocycles. The van der Waals surface area contributed by atoms with Crippen molar-refractivity contribution in [1.82, 2.24) is 10.2 Å². The summed E-state index contributed by atoms with van der Waals surface area (Å²) in [6.45, 7) is 6.17. The smallest absolute Gasteiger partial charge is 0.352 e. The molecule has 0 bridgehead atoms. The van der Waals surface area contributed by atoms with Gasteiger partial charge in [-0.3, -0.25) is 13.9 Å². The summed E-state index contributed by atoms with van der Waals surface area (Å²) in [6, 6.07) is 15.0. The van der Waals surface area contributed by atoms with Gasteiger partial charge in [0.05, 0.1) is 16.1 Å². The minimum absolute atomic E-state index is 0.133. The van der Waals surface area contributed by atoms with Crippen molar-refractivity contribution in [2.75, 3.05) is 10.8 Å². The van der Waals surface area contributed by atoms with Crippen molar-refractivity contribution < 1.29 is 31.2 Å². The third-order valence-corrected chi connectivity index (χ3v) is 9.19. The lowest BCUT2D eigenvalue weighted by atomic mass is 10.1. The molecule has 0 aliphatic carbocycles. The zero-order valence-corrected chi connectivity index (χ0v) is 25.9. The number of rotatable bonds is 12. The summed E-state index contributed by atoms with van der Waals surface area (Å²) in [4.78, 5) is 28.4. The van der Waals surface area contributed by atoms with E-state index in [9.17, 15) is 31.2 Å². The summed E-state index contributed by atoms with van der Waals surface area (Å²) in [6.07, 6.45) is -3.93. The first kappa shape index (κ1) is 33.9. The average molecular weight is 638 g/mol. The molecule has 0 saturated heterocycles. The molecule has 1 N–H and O–H groups in total. The monoisotopic (exact) mass is 637 g/mol. The normalized spacial score (nSPS) is 13.2. The Labute approximate surface area is 255 Å². The Bertz CT molecular complexity index is 1530. The number of amides is 2. The fourth-order valence-electron chi connectivity index (χ4n) is 4.37. The molecular formula is C31H35ClF3N3O4S. The van der Waals surface area contributed by atoms with Crippen LogP contribution < -0.4 is 9.62 Å². The number of nitrogens with zero attached hydrogens (tertiary/aromatic N) is 2. The van der Waals surface area contributed by atoms with E-state index in [4.69, 9.17) is 11.6 Å². The number of alkyl halides is 3. The number of aryl methyl sites for hydroxylation is 1. The number of benzene rings is 3. The molecule has 3 rings (SSSR count). The van der Waals surface area contributed by atoms with Gasteiger partial charge in [-0.15, -0.1) is 0 Å². The third kappa shape index (κ3) is 8.51. The molecule has 43 heavy (non-hydrogen) atoms. The molecule has 232 valence electrons. The molecule has 3 aromatic rings. The van der Waals surface area contributed by atoms with Crippen molar-refractivity contribution in [2.45, 2.75) is 70.2 Å². The van der Waals surface area contributed by atoms with Crippen molar-refractivity contribution in [2.24, 2.45) is 0 Å². The minimum Gasteiger partial charge on any atom is -0.352 e. The quantitative estimate of drug-likeness (QED) is 0.243. The van der Waals surface area contributed by atoms with Crippen molar-refractivity contribution in [3.63, 3.8) is 0 Å². The SMILES string of the molecule is CCC(C)NC(=O)C(CC)N(Cc1ccccc1Cl)C(=O)CN(c1cccc(C(F)(F)F)c1)S(=O)(=O)c1ccc(C)cc1. The molecule has 2 amide bonds. The molecule has 0 aliphatic rings. The maximum Gasteiger partial charge on any atom is 0.416 e. The summed E-state index contributed by atoms with van der Waals surface area (Å²) in [5.74, 6) is -1.23. The van der Waals surface area contributed by atoms with Crippen LogP contribution in [0.5, 0.6) is 0 Å². The summed E-state index contributed by atoms with van der Waals surface area (Å²) in [5.41, 5.74) is -0.142. The molecule has 2 unspecified atom stereocenters. The number of anilines is 1. The van der Waals surface area contributed by atoms with Crippen LogP contribution in [0.3, 0.4) is 0 Å². The zero-order chi connectivity index (χ0) is 31.9. The second kappa shape index (κ2) is 14.3. The molecule has 7 nitrogen and oxygen atoms in total. The molecular weight excluding hydrogens is 603 g/mol. The molecule has 0 spiro atoms. The van der Waals surface area contributed by atoms with Crippen LogP contribution in [0.15, 0.2) is 77.7 Å². The Kier molecular flexibility index (Phi) is 11.3. The van der Waals surface area contributed by atoms with Crippen LogP contribution in [0, 0.1) is 6.92 Å². The van der Waals surface area contributed by atoms with Gasteiger partial charge in [-0.05, 0) is 68.7 Å². The first-order valence-corrected chi connectivity index (χ1v) is 15.6. The predicted octanol–water partition coefficient (Wildman–Crippen LogP) is 6.58. The highest BCUT2D eigenvalue weighted by atomic mass is 35.5. The van der Waals surface area contributed by atoms with E-state index in [-0.39, 0.29) is 29.6 Å². The van der Waals surface area contributed by atoms with E-state index in [1.54, 1.807) is 50.2 Å². The fraction of sp³-hybridized carbons (Fsp3) is 0.355. The van der Waals surface area contributed by atoms with Crippen molar-refractivity contribution >= 4 is 39.1 Å². The molecule has 0 aromatic heterocycles. The van der Waals surface area contributed by atoms with Crippen molar-refractivity contribution in [3.05, 3.63) is 94.5 Å². The summed E-state index contributed by atoms with van der Waals surface area (Å²) >= 11 is 6.38. The van der Waals surface area contributed by atoms with Crippen molar-refractivity contribution in [3.8, 4) is 0 Å². The van der Waals surface area contributed by atoms with Crippen LogP contribution in [0.1, 0.15) is 50.3 Å². The number of sulfonamides is 1. The Morgan fingerprint density at radius 1 is 0.953 bits per heavy atom. The van der Waals surface area contributed by atoms with E-state index in [1.807, 2.05) is 13.8 Å². The zero-order valence-electron chi connectivity index (χ0n) is 24.4. The lowest BCUT2D eigenvalue weighted by Gasteiger charge is -2.34. The molecule has 0 radical (unpaired) electrons. The van der Waals surface area contributed by atoms with E-state index in [2.05, 4.69) is 5.32 Å². The highest BCUT2D eigenvalue weighted by molar-refractivity contribution is 7.92. The van der Waals surface area contributed by atoms with E-state index < -0.39 is 46.2 Å². The Morgan fingerprint density at radius 2 is 1.60 bits per heavy atom. The van der Waals surface area contributed by atoms with Gasteiger partial charge in [-0.1, -0.05) is 67.4 Å². The summed E-state index contributed by atoms with van der Waals surface area (Å²) in [7, 11) is -4.53. The van der Waals surface area contributed by atoms with Gasteiger partial charge >= 0.3 is 6.18 Å². The minimum atomic E-state index is -4.75. The highest BCUT2D eigenvalue weighted by Crippen LogP contribution is 2.33. The topological polar surface area (TPSA) is 86.8 Å². The number of halogens is 4. The van der Waals surface area contributed by atoms with Gasteiger partial charge in [-0.2, -0.15) is 13.2 Å². The van der Waals surface area contributed by atoms with Crippen LogP contribution in [0.4, 0.5) is 18.9 Å². The fourth-order valence-corrected chi connectivity index (χ4v) is 5.98. The molecule has 0 saturated carbocycles. The summed E-state index contributed by atoms with van der Waals surface area (Å²) in [5, 5.41) is 3.20. The second-order valence-electron chi connectivity index (χ2n) is 10.2. The number of hydrogen-bond acceptors (Lipinski definition) is 4. The van der Waals surface area contributed by atoms with E-state index in [1.165, 1.54) is 23.1 Å². The van der Waals surface area contributed by atoms with Crippen LogP contribution >= 0.6 is 11.6 Å². The lowest BCUT2D eigenvalue weighted by Crippen LogP contribution is -2.53. The van der Waals surface area contributed by atoms with Gasteiger partial charge in [0.1, 0.15) is 12.6 Å². The van der Waals surface area contributed by atoms with Gasteiger partial charge in [-0.25, -0.2) is 8.42 Å². The number of carbonyl (C=O) groups excluding carboxylic acids is 2. The van der Waals surface area contributed by atoms with Gasteiger partial charge in [0.15, 0.2) is 0 Å². The maximum absolute atomic E-state index is 14.1. The third-order valence-electron chi connectivity index (χ3n) is 7.03. The lowest BCUT2D eigenvalue weighted by molar-refractivity contribution is -0.140. The van der Waals surface area contributed by atoms with Crippen molar-refractivity contribution in [1.29, 1.82) is 0 Å². The van der Waals surface area contributed by atoms with Crippen LogP contribution in [0.25, 0.3) is 0 Å². The largest absolute Gasteiger partial charge is 0.416 e. The Balaban J connectivity index is 2.13. The Hall–Kier alpha value is -3.57. The van der Waals surface area contributed by atoms with Crippen LogP contribution in [0.2, 0.25) is 5.02 Å². The maximum atomic E-state index is 14.1. The molecule has 0 fully saturated rings. The molecule has 12 heteroatoms. The van der Waals surface area contributed by atoms with Gasteiger partial charge in [0, 0.05) is 17.6 Å². The van der Waals surface area contributed by atoms with Crippen LogP contribution in [-0.2, 0) is 32.3 Å². The van der Waals surface area contributed by atoms with E-state index in [0.29, 0.717) is 27.4 Å². The summed E-state index contributed by atoms with van der Waals surface area (Å²) < 4.78 is 69.4. The number of nitrogens with one attached hydrogen (secondary N) is 1. The van der Waals surface area contributed by atoms with E-state index >= 15 is 0 Å². The van der Waals surface area contributed by atoms with E-state index in [0.717, 1.165) is 17.7 Å². The standard InChI is InChI=1S/C31H35ClF3N3O4S/c1-5-22(4)36-30(40)28(6-2)37(19-23-10-7-8-13-27(23)32)29(39)20-38(25-12-9-11-24(18-25)31(33,34)35)43(41,42)26-16-14-21(3)15-17-26/h7-18,22,28H,5-6,19-20H2,1-4H3,(H,36,40). The second-order valence-corrected chi connectivity index (χ2v) is 12.5. The average Bonchev–Trinajstić information content (AvgIpc) is 2.96. The molecule has 0 heterocycles. The highest BCUT2D eigenvalue weighted by Gasteiger charge is 2.36. The first-order valence-electron chi connectivity index (χ1n) is 13.8. The van der Waals surface area contributed by atoms with Gasteiger partial charge in [0.2, 0.25) is 11.8 Å². The first-order chi connectivity index (χ1) is 20.2. The molecule has 2 atom stereocenters. The molecule has 0 aliphatic heterocycles. The van der Waals surface area contributed by atoms with Gasteiger partial charge in [0.25, 0.3) is 10.0 Å².